The highest BCUT2D eigenvalue weighted by Gasteiger charge is 2.02. The third kappa shape index (κ3) is 3.11. The van der Waals surface area contributed by atoms with Gasteiger partial charge < -0.3 is 11.1 Å². The molecule has 5 heteroatoms. The van der Waals surface area contributed by atoms with Gasteiger partial charge >= 0.3 is 0 Å². The fourth-order valence-corrected chi connectivity index (χ4v) is 1.55. The Morgan fingerprint density at radius 1 is 1.11 bits per heavy atom. The largest absolute Gasteiger partial charge is 0.330 e. The summed E-state index contributed by atoms with van der Waals surface area (Å²) in [7, 11) is 0. The summed E-state index contributed by atoms with van der Waals surface area (Å²) in [5, 5.41) is 2.77. The lowest BCUT2D eigenvalue weighted by molar-refractivity contribution is -0.116. The first kappa shape index (κ1) is 12.2. The lowest BCUT2D eigenvalue weighted by atomic mass is 10.1. The van der Waals surface area contributed by atoms with Gasteiger partial charge in [-0.2, -0.15) is 0 Å². The molecule has 0 bridgehead atoms. The van der Waals surface area contributed by atoms with Crippen molar-refractivity contribution in [3.05, 3.63) is 43.0 Å². The van der Waals surface area contributed by atoms with E-state index >= 15 is 0 Å². The van der Waals surface area contributed by atoms with Gasteiger partial charge in [-0.1, -0.05) is 12.1 Å². The molecule has 2 aromatic rings. The summed E-state index contributed by atoms with van der Waals surface area (Å²) < 4.78 is 0. The van der Waals surface area contributed by atoms with E-state index in [4.69, 9.17) is 5.73 Å². The molecule has 1 amide bonds. The quantitative estimate of drug-likeness (QED) is 0.849. The topological polar surface area (TPSA) is 80.9 Å². The number of aromatic nitrogens is 2. The van der Waals surface area contributed by atoms with Gasteiger partial charge in [-0.25, -0.2) is 9.97 Å². The molecule has 0 radical (unpaired) electrons. The molecular weight excluding hydrogens is 228 g/mol. The van der Waals surface area contributed by atoms with Crippen LogP contribution in [0.2, 0.25) is 0 Å². The molecule has 0 aliphatic rings. The number of carbonyl (C=O) groups is 1. The zero-order valence-corrected chi connectivity index (χ0v) is 9.84. The molecule has 0 unspecified atom stereocenters. The van der Waals surface area contributed by atoms with E-state index in [9.17, 15) is 4.79 Å². The van der Waals surface area contributed by atoms with Crippen LogP contribution in [0.4, 0.5) is 5.69 Å². The summed E-state index contributed by atoms with van der Waals surface area (Å²) in [6.45, 7) is 0.352. The normalized spacial score (nSPS) is 10.1. The van der Waals surface area contributed by atoms with Crippen LogP contribution in [-0.4, -0.2) is 22.4 Å². The van der Waals surface area contributed by atoms with Gasteiger partial charge in [0.2, 0.25) is 5.91 Å². The molecule has 92 valence electrons. The Bertz CT molecular complexity index is 510. The van der Waals surface area contributed by atoms with E-state index in [0.29, 0.717) is 13.0 Å². The number of nitrogens with zero attached hydrogens (tertiary/aromatic N) is 2. The molecule has 1 aromatic heterocycles. The highest BCUT2D eigenvalue weighted by Crippen LogP contribution is 2.19. The van der Waals surface area contributed by atoms with Gasteiger partial charge in [-0.15, -0.1) is 0 Å². The van der Waals surface area contributed by atoms with Gasteiger partial charge in [-0.3, -0.25) is 4.79 Å². The maximum Gasteiger partial charge on any atom is 0.225 e. The summed E-state index contributed by atoms with van der Waals surface area (Å²) >= 11 is 0. The zero-order valence-electron chi connectivity index (χ0n) is 9.84. The van der Waals surface area contributed by atoms with E-state index in [1.165, 1.54) is 6.33 Å². The zero-order chi connectivity index (χ0) is 12.8. The van der Waals surface area contributed by atoms with Crippen LogP contribution in [0.15, 0.2) is 43.0 Å². The highest BCUT2D eigenvalue weighted by atomic mass is 16.1. The Morgan fingerprint density at radius 2 is 1.78 bits per heavy atom. The molecule has 0 aliphatic heterocycles. The second kappa shape index (κ2) is 5.88. The fraction of sp³-hybridized carbons (Fsp3) is 0.154. The molecule has 3 N–H and O–H groups in total. The van der Waals surface area contributed by atoms with Gasteiger partial charge in [0.05, 0.1) is 0 Å². The van der Waals surface area contributed by atoms with Crippen molar-refractivity contribution in [3.63, 3.8) is 0 Å². The van der Waals surface area contributed by atoms with Crippen molar-refractivity contribution < 1.29 is 4.79 Å². The first-order valence-corrected chi connectivity index (χ1v) is 5.65. The molecule has 18 heavy (non-hydrogen) atoms. The SMILES string of the molecule is NCCC(=O)Nc1ccc(-c2cncnc2)cc1. The van der Waals surface area contributed by atoms with Gasteiger partial charge in [0.1, 0.15) is 6.33 Å². The maximum atomic E-state index is 11.4. The third-order valence-electron chi connectivity index (χ3n) is 2.43. The molecule has 0 saturated carbocycles. The molecular formula is C13H14N4O. The van der Waals surface area contributed by atoms with Gasteiger partial charge in [0.25, 0.3) is 0 Å². The van der Waals surface area contributed by atoms with E-state index in [0.717, 1.165) is 16.8 Å². The van der Waals surface area contributed by atoms with Crippen LogP contribution in [0.1, 0.15) is 6.42 Å². The van der Waals surface area contributed by atoms with Gasteiger partial charge in [0, 0.05) is 36.6 Å². The number of benzene rings is 1. The van der Waals surface area contributed by atoms with Crippen LogP contribution in [0.25, 0.3) is 11.1 Å². The lowest BCUT2D eigenvalue weighted by Crippen LogP contribution is -2.15. The Hall–Kier alpha value is -2.27. The summed E-state index contributed by atoms with van der Waals surface area (Å²) in [5.41, 5.74) is 8.02. The lowest BCUT2D eigenvalue weighted by Gasteiger charge is -2.05. The minimum atomic E-state index is -0.0757. The molecule has 0 spiro atoms. The van der Waals surface area contributed by atoms with Crippen molar-refractivity contribution >= 4 is 11.6 Å². The van der Waals surface area contributed by atoms with Crippen LogP contribution in [0.3, 0.4) is 0 Å². The van der Waals surface area contributed by atoms with Crippen LogP contribution in [-0.2, 0) is 4.79 Å². The highest BCUT2D eigenvalue weighted by molar-refractivity contribution is 5.91. The second-order valence-electron chi connectivity index (χ2n) is 3.79. The Kier molecular flexibility index (Phi) is 3.98. The monoisotopic (exact) mass is 242 g/mol. The first-order valence-electron chi connectivity index (χ1n) is 5.65. The molecule has 0 atom stereocenters. The number of nitrogens with two attached hydrogens (primary N) is 1. The molecule has 0 aliphatic carbocycles. The number of hydrogen-bond acceptors (Lipinski definition) is 4. The van der Waals surface area contributed by atoms with Crippen LogP contribution in [0, 0.1) is 0 Å². The van der Waals surface area contributed by atoms with E-state index < -0.39 is 0 Å². The summed E-state index contributed by atoms with van der Waals surface area (Å²) in [6.07, 6.45) is 5.31. The van der Waals surface area contributed by atoms with E-state index in [-0.39, 0.29) is 5.91 Å². The third-order valence-corrected chi connectivity index (χ3v) is 2.43. The maximum absolute atomic E-state index is 11.4. The smallest absolute Gasteiger partial charge is 0.225 e. The van der Waals surface area contributed by atoms with Crippen LogP contribution >= 0.6 is 0 Å². The minimum absolute atomic E-state index is 0.0757. The molecule has 2 rings (SSSR count). The molecule has 5 nitrogen and oxygen atoms in total. The summed E-state index contributed by atoms with van der Waals surface area (Å²) in [4.78, 5) is 19.3. The Morgan fingerprint density at radius 3 is 2.39 bits per heavy atom. The van der Waals surface area contributed by atoms with E-state index in [1.54, 1.807) is 12.4 Å². The van der Waals surface area contributed by atoms with Crippen LogP contribution < -0.4 is 11.1 Å². The number of rotatable bonds is 4. The van der Waals surface area contributed by atoms with Crippen molar-refractivity contribution in [3.8, 4) is 11.1 Å². The van der Waals surface area contributed by atoms with Crippen molar-refractivity contribution in [2.75, 3.05) is 11.9 Å². The van der Waals surface area contributed by atoms with Gasteiger partial charge in [0.15, 0.2) is 0 Å². The average molecular weight is 242 g/mol. The van der Waals surface area contributed by atoms with Crippen LogP contribution in [0.5, 0.6) is 0 Å². The van der Waals surface area contributed by atoms with Crippen molar-refractivity contribution in [2.24, 2.45) is 5.73 Å². The number of amides is 1. The number of anilines is 1. The standard InChI is InChI=1S/C13H14N4O/c14-6-5-13(18)17-12-3-1-10(2-4-12)11-7-15-9-16-8-11/h1-4,7-9H,5-6,14H2,(H,17,18). The first-order chi connectivity index (χ1) is 8.79. The molecule has 0 saturated heterocycles. The van der Waals surface area contributed by atoms with Crippen molar-refractivity contribution in [2.45, 2.75) is 6.42 Å². The predicted molar refractivity (Wildman–Crippen MR) is 69.8 cm³/mol. The van der Waals surface area contributed by atoms with Gasteiger partial charge in [-0.05, 0) is 17.7 Å². The number of carbonyl (C=O) groups excluding carboxylic acids is 1. The fourth-order valence-electron chi connectivity index (χ4n) is 1.55. The average Bonchev–Trinajstić information content (AvgIpc) is 2.41. The second-order valence-corrected chi connectivity index (χ2v) is 3.79. The number of nitrogens with one attached hydrogen (secondary N) is 1. The molecule has 1 aromatic carbocycles. The van der Waals surface area contributed by atoms with Crippen molar-refractivity contribution in [1.82, 2.24) is 9.97 Å². The Balaban J connectivity index is 2.09. The summed E-state index contributed by atoms with van der Waals surface area (Å²) in [6, 6.07) is 7.51. The predicted octanol–water partition coefficient (Wildman–Crippen LogP) is 1.43. The van der Waals surface area contributed by atoms with Crippen molar-refractivity contribution in [1.29, 1.82) is 0 Å². The molecule has 0 fully saturated rings. The minimum Gasteiger partial charge on any atom is -0.330 e. The molecule has 1 heterocycles. The van der Waals surface area contributed by atoms with E-state index in [1.807, 2.05) is 24.3 Å². The summed E-state index contributed by atoms with van der Waals surface area (Å²) in [5.74, 6) is -0.0757. The van der Waals surface area contributed by atoms with E-state index in [2.05, 4.69) is 15.3 Å². The Labute approximate surface area is 105 Å². The number of hydrogen-bond donors (Lipinski definition) is 2.